The zero-order valence-electron chi connectivity index (χ0n) is 9.02. The predicted octanol–water partition coefficient (Wildman–Crippen LogP) is 0.632. The Morgan fingerprint density at radius 2 is 2.38 bits per heavy atom. The van der Waals surface area contributed by atoms with E-state index < -0.39 is 0 Å². The van der Waals surface area contributed by atoms with Crippen LogP contribution >= 0.6 is 0 Å². The number of aromatic nitrogens is 2. The third kappa shape index (κ3) is 1.61. The van der Waals surface area contributed by atoms with E-state index in [0.717, 1.165) is 5.69 Å². The van der Waals surface area contributed by atoms with Crippen LogP contribution in [0.3, 0.4) is 0 Å². The Morgan fingerprint density at radius 1 is 1.56 bits per heavy atom. The number of hydrogen-bond acceptors (Lipinski definition) is 3. The first kappa shape index (κ1) is 9.84. The lowest BCUT2D eigenvalue weighted by atomic mass is 10.1. The van der Waals surface area contributed by atoms with Crippen molar-refractivity contribution >= 4 is 11.7 Å². The molecule has 1 saturated carbocycles. The first-order chi connectivity index (χ1) is 7.78. The van der Waals surface area contributed by atoms with Crippen LogP contribution in [0.1, 0.15) is 30.9 Å². The topological polar surface area (TPSA) is 69.2 Å². The van der Waals surface area contributed by atoms with Gasteiger partial charge in [0.2, 0.25) is 5.91 Å². The molecule has 1 aromatic rings. The average Bonchev–Trinajstić information content (AvgIpc) is 2.89. The molecule has 1 aromatic heterocycles. The molecule has 2 aliphatic rings. The number of nitrogens with one attached hydrogen (secondary N) is 1. The van der Waals surface area contributed by atoms with Gasteiger partial charge in [-0.1, -0.05) is 0 Å². The molecule has 5 heteroatoms. The van der Waals surface area contributed by atoms with E-state index in [-0.39, 0.29) is 18.4 Å². The fourth-order valence-electron chi connectivity index (χ4n) is 2.19. The number of nitrogens with zero attached hydrogens (tertiary/aromatic N) is 2. The smallest absolute Gasteiger partial charge is 0.228 e. The van der Waals surface area contributed by atoms with Crippen molar-refractivity contribution in [2.24, 2.45) is 5.92 Å². The first-order valence-corrected chi connectivity index (χ1v) is 5.74. The molecule has 16 heavy (non-hydrogen) atoms. The highest BCUT2D eigenvalue weighted by atomic mass is 16.3. The zero-order valence-corrected chi connectivity index (χ0v) is 9.02. The molecule has 86 valence electrons. The second kappa shape index (κ2) is 3.59. The van der Waals surface area contributed by atoms with E-state index in [0.29, 0.717) is 24.7 Å². The van der Waals surface area contributed by atoms with Gasteiger partial charge in [-0.25, -0.2) is 0 Å². The van der Waals surface area contributed by atoms with Gasteiger partial charge in [0.15, 0.2) is 5.82 Å². The molecule has 1 atom stereocenters. The molecule has 1 unspecified atom stereocenters. The van der Waals surface area contributed by atoms with Crippen LogP contribution in [0.15, 0.2) is 6.07 Å². The van der Waals surface area contributed by atoms with E-state index in [1.165, 1.54) is 12.8 Å². The molecule has 1 aliphatic carbocycles. The van der Waals surface area contributed by atoms with Gasteiger partial charge >= 0.3 is 0 Å². The maximum absolute atomic E-state index is 11.7. The number of H-pyrrole nitrogens is 1. The molecule has 0 aromatic carbocycles. The van der Waals surface area contributed by atoms with Gasteiger partial charge in [0.25, 0.3) is 0 Å². The van der Waals surface area contributed by atoms with Gasteiger partial charge in [-0.2, -0.15) is 5.10 Å². The van der Waals surface area contributed by atoms with Gasteiger partial charge in [0.1, 0.15) is 0 Å². The summed E-state index contributed by atoms with van der Waals surface area (Å²) in [4.78, 5) is 13.4. The van der Waals surface area contributed by atoms with Crippen molar-refractivity contribution in [3.63, 3.8) is 0 Å². The molecular formula is C11H15N3O2. The van der Waals surface area contributed by atoms with Crippen LogP contribution in [0.25, 0.3) is 0 Å². The van der Waals surface area contributed by atoms with E-state index in [2.05, 4.69) is 10.2 Å². The number of amides is 1. The van der Waals surface area contributed by atoms with Crippen molar-refractivity contribution < 1.29 is 9.90 Å². The van der Waals surface area contributed by atoms with Crippen molar-refractivity contribution in [3.8, 4) is 0 Å². The van der Waals surface area contributed by atoms with Gasteiger partial charge in [-0.15, -0.1) is 0 Å². The maximum atomic E-state index is 11.7. The largest absolute Gasteiger partial charge is 0.396 e. The van der Waals surface area contributed by atoms with Gasteiger partial charge in [0, 0.05) is 43.2 Å². The Hall–Kier alpha value is -1.36. The van der Waals surface area contributed by atoms with Crippen molar-refractivity contribution in [3.05, 3.63) is 11.8 Å². The van der Waals surface area contributed by atoms with Gasteiger partial charge < -0.3 is 5.11 Å². The molecule has 1 aliphatic heterocycles. The van der Waals surface area contributed by atoms with E-state index >= 15 is 0 Å². The summed E-state index contributed by atoms with van der Waals surface area (Å²) in [6.45, 7) is 0.659. The number of hydrogen-bond donors (Lipinski definition) is 2. The number of aliphatic hydroxyl groups excluding tert-OH is 1. The summed E-state index contributed by atoms with van der Waals surface area (Å²) in [5.74, 6) is 1.46. The second-order valence-electron chi connectivity index (χ2n) is 4.71. The van der Waals surface area contributed by atoms with Crippen LogP contribution in [0.2, 0.25) is 0 Å². The summed E-state index contributed by atoms with van der Waals surface area (Å²) in [5.41, 5.74) is 1.13. The van der Waals surface area contributed by atoms with Gasteiger partial charge in [0.05, 0.1) is 0 Å². The Bertz CT molecular complexity index is 411. The van der Waals surface area contributed by atoms with Crippen LogP contribution in [0.5, 0.6) is 0 Å². The minimum absolute atomic E-state index is 0.0629. The normalized spacial score (nSPS) is 25.4. The summed E-state index contributed by atoms with van der Waals surface area (Å²) in [6.07, 6.45) is 2.87. The van der Waals surface area contributed by atoms with E-state index in [9.17, 15) is 4.79 Å². The Labute approximate surface area is 93.5 Å². The molecule has 3 rings (SSSR count). The number of carbonyl (C=O) groups excluding carboxylic acids is 1. The van der Waals surface area contributed by atoms with Crippen LogP contribution in [-0.4, -0.2) is 34.4 Å². The van der Waals surface area contributed by atoms with E-state index in [1.54, 1.807) is 4.90 Å². The van der Waals surface area contributed by atoms with Gasteiger partial charge in [-0.3, -0.25) is 14.8 Å². The highest BCUT2D eigenvalue weighted by Gasteiger charge is 2.33. The number of rotatable bonds is 3. The molecule has 2 N–H and O–H groups in total. The quantitative estimate of drug-likeness (QED) is 0.786. The number of anilines is 1. The third-order valence-corrected chi connectivity index (χ3v) is 3.34. The van der Waals surface area contributed by atoms with Crippen LogP contribution in [-0.2, 0) is 4.79 Å². The van der Waals surface area contributed by atoms with Gasteiger partial charge in [-0.05, 0) is 12.8 Å². The summed E-state index contributed by atoms with van der Waals surface area (Å²) >= 11 is 0. The summed E-state index contributed by atoms with van der Waals surface area (Å²) in [7, 11) is 0. The molecular weight excluding hydrogens is 206 g/mol. The molecule has 1 saturated heterocycles. The molecule has 0 radical (unpaired) electrons. The number of aliphatic hydroxyl groups is 1. The second-order valence-corrected chi connectivity index (χ2v) is 4.71. The number of aromatic amines is 1. The summed E-state index contributed by atoms with van der Waals surface area (Å²) in [6, 6.07) is 1.97. The summed E-state index contributed by atoms with van der Waals surface area (Å²) < 4.78 is 0. The zero-order chi connectivity index (χ0) is 11.1. The standard InChI is InChI=1S/C11H15N3O2/c15-6-7-3-11(16)14(5-7)10-4-9(12-13-10)8-1-2-8/h4,7-8,15H,1-3,5-6H2,(H,12,13). The van der Waals surface area contributed by atoms with Crippen LogP contribution in [0.4, 0.5) is 5.82 Å². The Balaban J connectivity index is 1.78. The highest BCUT2D eigenvalue weighted by Crippen LogP contribution is 2.40. The molecule has 5 nitrogen and oxygen atoms in total. The molecule has 0 spiro atoms. The molecule has 2 fully saturated rings. The van der Waals surface area contributed by atoms with Crippen LogP contribution < -0.4 is 4.90 Å². The predicted molar refractivity (Wildman–Crippen MR) is 58.1 cm³/mol. The SMILES string of the molecule is O=C1CC(CO)CN1c1cc(C2CC2)[nH]n1. The fraction of sp³-hybridized carbons (Fsp3) is 0.636. The fourth-order valence-corrected chi connectivity index (χ4v) is 2.19. The third-order valence-electron chi connectivity index (χ3n) is 3.34. The summed E-state index contributed by atoms with van der Waals surface area (Å²) in [5, 5.41) is 16.2. The van der Waals surface area contributed by atoms with Crippen molar-refractivity contribution in [1.82, 2.24) is 10.2 Å². The van der Waals surface area contributed by atoms with E-state index in [1.807, 2.05) is 6.07 Å². The van der Waals surface area contributed by atoms with Crippen LogP contribution in [0, 0.1) is 5.92 Å². The van der Waals surface area contributed by atoms with Crippen molar-refractivity contribution in [2.75, 3.05) is 18.1 Å². The van der Waals surface area contributed by atoms with E-state index in [4.69, 9.17) is 5.11 Å². The Kier molecular flexibility index (Phi) is 2.21. The molecule has 0 bridgehead atoms. The number of carbonyl (C=O) groups is 1. The first-order valence-electron chi connectivity index (χ1n) is 5.74. The lowest BCUT2D eigenvalue weighted by Gasteiger charge is -2.11. The lowest BCUT2D eigenvalue weighted by molar-refractivity contribution is -0.117. The Morgan fingerprint density at radius 3 is 3.00 bits per heavy atom. The highest BCUT2D eigenvalue weighted by molar-refractivity contribution is 5.94. The molecule has 2 heterocycles. The van der Waals surface area contributed by atoms with Crippen molar-refractivity contribution in [2.45, 2.75) is 25.2 Å². The minimum Gasteiger partial charge on any atom is -0.396 e. The lowest BCUT2D eigenvalue weighted by Crippen LogP contribution is -2.25. The monoisotopic (exact) mass is 221 g/mol. The van der Waals surface area contributed by atoms with Crippen molar-refractivity contribution in [1.29, 1.82) is 0 Å². The average molecular weight is 221 g/mol. The maximum Gasteiger partial charge on any atom is 0.228 e. The minimum atomic E-state index is 0.0629. The molecule has 1 amide bonds.